The zero-order valence-corrected chi connectivity index (χ0v) is 20.8. The van der Waals surface area contributed by atoms with Crippen molar-refractivity contribution in [2.24, 2.45) is 0 Å². The summed E-state index contributed by atoms with van der Waals surface area (Å²) in [4.78, 5) is 7.50. The van der Waals surface area contributed by atoms with Gasteiger partial charge in [0.2, 0.25) is 0 Å². The fourth-order valence-electron chi connectivity index (χ4n) is 4.43. The lowest BCUT2D eigenvalue weighted by atomic mass is 10.0. The van der Waals surface area contributed by atoms with Crippen LogP contribution in [0.15, 0.2) is 82.6 Å². The summed E-state index contributed by atoms with van der Waals surface area (Å²) in [5.74, 6) is 1.24. The van der Waals surface area contributed by atoms with Gasteiger partial charge in [0.05, 0.1) is 11.4 Å². The molecule has 0 radical (unpaired) electrons. The topological polar surface area (TPSA) is 6.48 Å². The third-order valence-electron chi connectivity index (χ3n) is 5.94. The maximum Gasteiger partial charge on any atom is 0.0632 e. The molecule has 166 valence electrons. The Morgan fingerprint density at radius 3 is 2.06 bits per heavy atom. The molecule has 0 bridgehead atoms. The fourth-order valence-corrected chi connectivity index (χ4v) is 6.16. The van der Waals surface area contributed by atoms with E-state index in [2.05, 4.69) is 82.6 Å². The minimum atomic E-state index is 0. The first kappa shape index (κ1) is 23.5. The third kappa shape index (κ3) is 4.42. The van der Waals surface area contributed by atoms with Gasteiger partial charge in [-0.3, -0.25) is 4.90 Å². The molecule has 1 heterocycles. The van der Waals surface area contributed by atoms with E-state index in [0.29, 0.717) is 11.8 Å². The fraction of sp³-hybridized carbons (Fsp3) is 0.231. The zero-order chi connectivity index (χ0) is 21.2. The van der Waals surface area contributed by atoms with E-state index in [1.54, 1.807) is 0 Å². The van der Waals surface area contributed by atoms with Crippen LogP contribution in [0.25, 0.3) is 21.5 Å². The first-order valence-corrected chi connectivity index (χ1v) is 12.5. The molecule has 0 aliphatic carbocycles. The summed E-state index contributed by atoms with van der Waals surface area (Å²) in [7, 11) is 0. The molecular weight excluding hydrogens is 479 g/mol. The minimum Gasteiger partial charge on any atom is -0.338 e. The summed E-state index contributed by atoms with van der Waals surface area (Å²) in [5, 5.41) is 5.16. The SMILES string of the molecule is Cl.ClCCN(CCCl)CCN1c2ccc3ccccc3c2Sc2ccc3ccccc3c21. The van der Waals surface area contributed by atoms with Gasteiger partial charge in [-0.2, -0.15) is 0 Å². The number of halogens is 3. The lowest BCUT2D eigenvalue weighted by Gasteiger charge is -2.36. The van der Waals surface area contributed by atoms with E-state index in [1.165, 1.54) is 42.7 Å². The smallest absolute Gasteiger partial charge is 0.0632 e. The highest BCUT2D eigenvalue weighted by molar-refractivity contribution is 8.00. The van der Waals surface area contributed by atoms with Gasteiger partial charge in [0.1, 0.15) is 0 Å². The molecule has 6 heteroatoms. The Bertz CT molecular complexity index is 1220. The summed E-state index contributed by atoms with van der Waals surface area (Å²) in [5.41, 5.74) is 2.59. The second-order valence-electron chi connectivity index (χ2n) is 7.74. The molecule has 0 N–H and O–H groups in total. The Balaban J connectivity index is 0.00000245. The van der Waals surface area contributed by atoms with Gasteiger partial charge in [0.15, 0.2) is 0 Å². The van der Waals surface area contributed by atoms with Crippen LogP contribution in [0.1, 0.15) is 0 Å². The lowest BCUT2D eigenvalue weighted by molar-refractivity contribution is 0.315. The second kappa shape index (κ2) is 10.5. The molecule has 0 saturated carbocycles. The zero-order valence-electron chi connectivity index (χ0n) is 17.6. The monoisotopic (exact) mass is 502 g/mol. The van der Waals surface area contributed by atoms with Crippen LogP contribution >= 0.6 is 47.4 Å². The molecular formula is C26H25Cl3N2S. The van der Waals surface area contributed by atoms with Crippen molar-refractivity contribution in [2.75, 3.05) is 42.8 Å². The second-order valence-corrected chi connectivity index (χ2v) is 9.55. The standard InChI is InChI=1S/C26H24Cl2N2S.ClH/c27-13-15-29(16-14-28)17-18-30-23-11-9-20-6-2-4-8-22(20)26(23)31-24-12-10-19-5-1-3-7-21(19)25(24)30;/h1-12H,13-18H2;1H. The molecule has 2 nitrogen and oxygen atoms in total. The van der Waals surface area contributed by atoms with Crippen LogP contribution in [-0.4, -0.2) is 42.8 Å². The van der Waals surface area contributed by atoms with E-state index in [-0.39, 0.29) is 12.4 Å². The number of hydrogen-bond acceptors (Lipinski definition) is 3. The molecule has 0 amide bonds. The number of anilines is 2. The van der Waals surface area contributed by atoms with Crippen molar-refractivity contribution in [1.29, 1.82) is 0 Å². The van der Waals surface area contributed by atoms with Crippen molar-refractivity contribution < 1.29 is 0 Å². The molecule has 4 aromatic carbocycles. The number of rotatable bonds is 7. The predicted molar refractivity (Wildman–Crippen MR) is 144 cm³/mol. The maximum absolute atomic E-state index is 6.06. The highest BCUT2D eigenvalue weighted by Crippen LogP contribution is 2.52. The number of nitrogens with zero attached hydrogens (tertiary/aromatic N) is 2. The summed E-state index contributed by atoms with van der Waals surface area (Å²) < 4.78 is 0. The first-order chi connectivity index (χ1) is 15.3. The van der Waals surface area contributed by atoms with E-state index in [9.17, 15) is 0 Å². The van der Waals surface area contributed by atoms with Gasteiger partial charge < -0.3 is 4.90 Å². The quantitative estimate of drug-likeness (QED) is 0.238. The molecule has 0 spiro atoms. The van der Waals surface area contributed by atoms with Crippen LogP contribution in [0.2, 0.25) is 0 Å². The molecule has 0 atom stereocenters. The van der Waals surface area contributed by atoms with Crippen LogP contribution in [0.4, 0.5) is 11.4 Å². The van der Waals surface area contributed by atoms with Gasteiger partial charge in [-0.25, -0.2) is 0 Å². The Hall–Kier alpha value is -1.62. The summed E-state index contributed by atoms with van der Waals surface area (Å²) in [6, 6.07) is 26.4. The van der Waals surface area contributed by atoms with Gasteiger partial charge in [0, 0.05) is 53.1 Å². The molecule has 1 aliphatic rings. The molecule has 0 unspecified atom stereocenters. The minimum absolute atomic E-state index is 0. The summed E-state index contributed by atoms with van der Waals surface area (Å²) in [6.07, 6.45) is 0. The Morgan fingerprint density at radius 1 is 0.719 bits per heavy atom. The van der Waals surface area contributed by atoms with E-state index < -0.39 is 0 Å². The van der Waals surface area contributed by atoms with E-state index >= 15 is 0 Å². The third-order valence-corrected chi connectivity index (χ3v) is 7.46. The van der Waals surface area contributed by atoms with Crippen molar-refractivity contribution >= 4 is 80.3 Å². The van der Waals surface area contributed by atoms with Crippen molar-refractivity contribution in [2.45, 2.75) is 9.79 Å². The lowest BCUT2D eigenvalue weighted by Crippen LogP contribution is -2.36. The number of hydrogen-bond donors (Lipinski definition) is 0. The molecule has 0 aromatic heterocycles. The predicted octanol–water partition coefficient (Wildman–Crippen LogP) is 7.80. The Labute approximate surface area is 209 Å². The van der Waals surface area contributed by atoms with Gasteiger partial charge in [-0.05, 0) is 28.3 Å². The summed E-state index contributed by atoms with van der Waals surface area (Å²) in [6.45, 7) is 3.51. The highest BCUT2D eigenvalue weighted by Gasteiger charge is 2.27. The van der Waals surface area contributed by atoms with Crippen LogP contribution in [-0.2, 0) is 0 Å². The molecule has 5 rings (SSSR count). The number of alkyl halides is 2. The average Bonchev–Trinajstić information content (AvgIpc) is 2.81. The highest BCUT2D eigenvalue weighted by atomic mass is 35.5. The molecule has 0 saturated heterocycles. The van der Waals surface area contributed by atoms with E-state index in [1.807, 2.05) is 11.8 Å². The normalized spacial score (nSPS) is 12.7. The number of benzene rings is 4. The van der Waals surface area contributed by atoms with Crippen LogP contribution < -0.4 is 4.90 Å². The van der Waals surface area contributed by atoms with Crippen LogP contribution in [0, 0.1) is 0 Å². The van der Waals surface area contributed by atoms with Crippen molar-refractivity contribution in [3.8, 4) is 0 Å². The Kier molecular flexibility index (Phi) is 7.75. The molecule has 4 aromatic rings. The first-order valence-electron chi connectivity index (χ1n) is 10.6. The largest absolute Gasteiger partial charge is 0.338 e. The van der Waals surface area contributed by atoms with Gasteiger partial charge in [-0.15, -0.1) is 35.6 Å². The summed E-state index contributed by atoms with van der Waals surface area (Å²) >= 11 is 14.0. The van der Waals surface area contributed by atoms with E-state index in [4.69, 9.17) is 23.2 Å². The van der Waals surface area contributed by atoms with Crippen LogP contribution in [0.3, 0.4) is 0 Å². The van der Waals surface area contributed by atoms with Gasteiger partial charge in [0.25, 0.3) is 0 Å². The van der Waals surface area contributed by atoms with Crippen molar-refractivity contribution in [3.63, 3.8) is 0 Å². The average molecular weight is 504 g/mol. The maximum atomic E-state index is 6.06. The Morgan fingerprint density at radius 2 is 1.34 bits per heavy atom. The molecule has 32 heavy (non-hydrogen) atoms. The molecule has 1 aliphatic heterocycles. The number of fused-ring (bicyclic) bond motifs is 6. The van der Waals surface area contributed by atoms with Crippen LogP contribution in [0.5, 0.6) is 0 Å². The van der Waals surface area contributed by atoms with Crippen molar-refractivity contribution in [3.05, 3.63) is 72.8 Å². The molecule has 0 fully saturated rings. The van der Waals surface area contributed by atoms with Crippen molar-refractivity contribution in [1.82, 2.24) is 4.90 Å². The van der Waals surface area contributed by atoms with Gasteiger partial charge in [-0.1, -0.05) is 72.4 Å². The van der Waals surface area contributed by atoms with E-state index in [0.717, 1.165) is 26.2 Å². The van der Waals surface area contributed by atoms with Gasteiger partial charge >= 0.3 is 0 Å².